The number of ether oxygens (including phenoxy) is 1. The largest absolute Gasteiger partial charge is 0.493 e. The molecule has 0 radical (unpaired) electrons. The molecule has 0 bridgehead atoms. The molecule has 4 heteroatoms. The van der Waals surface area contributed by atoms with Crippen LogP contribution >= 0.6 is 11.8 Å². The summed E-state index contributed by atoms with van der Waals surface area (Å²) in [5, 5.41) is 3.13. The van der Waals surface area contributed by atoms with Gasteiger partial charge in [0, 0.05) is 10.6 Å². The van der Waals surface area contributed by atoms with Crippen molar-refractivity contribution in [2.75, 3.05) is 12.4 Å². The third kappa shape index (κ3) is 3.83. The second kappa shape index (κ2) is 7.36. The second-order valence-corrected chi connectivity index (χ2v) is 6.34. The van der Waals surface area contributed by atoms with Crippen molar-refractivity contribution in [1.29, 1.82) is 0 Å². The summed E-state index contributed by atoms with van der Waals surface area (Å²) in [6, 6.07) is 18.0. The molecule has 0 saturated carbocycles. The first-order chi connectivity index (χ1) is 10.8. The summed E-state index contributed by atoms with van der Waals surface area (Å²) in [7, 11) is 0. The van der Waals surface area contributed by atoms with Crippen molar-refractivity contribution in [2.45, 2.75) is 23.8 Å². The summed E-state index contributed by atoms with van der Waals surface area (Å²) in [5.41, 5.74) is 1.23. The maximum atomic E-state index is 12.1. The molecule has 0 spiro atoms. The van der Waals surface area contributed by atoms with Crippen LogP contribution in [0.4, 0.5) is 0 Å². The van der Waals surface area contributed by atoms with E-state index in [-0.39, 0.29) is 11.9 Å². The number of para-hydroxylation sites is 1. The van der Waals surface area contributed by atoms with Gasteiger partial charge in [0.05, 0.1) is 19.1 Å². The van der Waals surface area contributed by atoms with Crippen LogP contribution in [0.3, 0.4) is 0 Å². The highest BCUT2D eigenvalue weighted by molar-refractivity contribution is 7.99. The van der Waals surface area contributed by atoms with Crippen molar-refractivity contribution in [3.05, 3.63) is 60.2 Å². The monoisotopic (exact) mass is 313 g/mol. The lowest BCUT2D eigenvalue weighted by molar-refractivity contribution is -0.122. The molecule has 0 fully saturated rings. The van der Waals surface area contributed by atoms with Gasteiger partial charge in [-0.05, 0) is 30.2 Å². The molecular weight excluding hydrogens is 294 g/mol. The normalized spacial score (nSPS) is 16.6. The number of thioether (sulfide) groups is 1. The van der Waals surface area contributed by atoms with Gasteiger partial charge < -0.3 is 10.1 Å². The molecule has 0 aromatic heterocycles. The first kappa shape index (κ1) is 15.0. The molecule has 1 amide bonds. The minimum absolute atomic E-state index is 0.0441. The van der Waals surface area contributed by atoms with Crippen molar-refractivity contribution in [3.63, 3.8) is 0 Å². The van der Waals surface area contributed by atoms with Gasteiger partial charge in [0.15, 0.2) is 0 Å². The zero-order valence-corrected chi connectivity index (χ0v) is 13.1. The number of rotatable bonds is 5. The molecule has 2 aromatic carbocycles. The van der Waals surface area contributed by atoms with Crippen LogP contribution in [0.15, 0.2) is 59.5 Å². The third-order valence-electron chi connectivity index (χ3n) is 3.63. The Hall–Kier alpha value is -1.94. The molecule has 0 saturated heterocycles. The van der Waals surface area contributed by atoms with Gasteiger partial charge in [-0.3, -0.25) is 4.79 Å². The van der Waals surface area contributed by atoms with Crippen LogP contribution in [0, 0.1) is 0 Å². The van der Waals surface area contributed by atoms with Crippen LogP contribution < -0.4 is 10.1 Å². The van der Waals surface area contributed by atoms with Crippen LogP contribution in [0.1, 0.15) is 24.4 Å². The van der Waals surface area contributed by atoms with Gasteiger partial charge in [-0.25, -0.2) is 0 Å². The Morgan fingerprint density at radius 2 is 1.91 bits per heavy atom. The van der Waals surface area contributed by atoms with Crippen LogP contribution in [0.2, 0.25) is 0 Å². The van der Waals surface area contributed by atoms with Crippen molar-refractivity contribution < 1.29 is 9.53 Å². The Morgan fingerprint density at radius 1 is 1.14 bits per heavy atom. The molecule has 3 rings (SSSR count). The van der Waals surface area contributed by atoms with E-state index in [1.165, 1.54) is 10.5 Å². The number of hydrogen-bond donors (Lipinski definition) is 1. The molecule has 22 heavy (non-hydrogen) atoms. The maximum absolute atomic E-state index is 12.1. The average molecular weight is 313 g/mol. The third-order valence-corrected chi connectivity index (χ3v) is 4.76. The maximum Gasteiger partial charge on any atom is 0.223 e. The molecule has 2 aromatic rings. The van der Waals surface area contributed by atoms with Crippen molar-refractivity contribution >= 4 is 17.7 Å². The fourth-order valence-corrected chi connectivity index (χ4v) is 3.66. The second-order valence-electron chi connectivity index (χ2n) is 5.21. The lowest BCUT2D eigenvalue weighted by Gasteiger charge is -2.25. The zero-order chi connectivity index (χ0) is 15.2. The Bertz CT molecular complexity index is 630. The highest BCUT2D eigenvalue weighted by Gasteiger charge is 2.21. The molecule has 1 heterocycles. The van der Waals surface area contributed by atoms with E-state index in [9.17, 15) is 4.79 Å². The van der Waals surface area contributed by atoms with Crippen LogP contribution in [-0.2, 0) is 4.79 Å². The molecular formula is C18H19NO2S. The van der Waals surface area contributed by atoms with E-state index in [2.05, 4.69) is 17.4 Å². The van der Waals surface area contributed by atoms with Crippen molar-refractivity contribution in [1.82, 2.24) is 5.32 Å². The number of fused-ring (bicyclic) bond motifs is 1. The smallest absolute Gasteiger partial charge is 0.223 e. The standard InChI is InChI=1S/C18H19NO2S/c20-18(10-12-21-14-6-2-1-3-7-14)19-16-11-13-22-17-9-5-4-8-15(16)17/h1-9,16H,10-13H2,(H,19,20)/t16-/m0/s1. The number of nitrogens with one attached hydrogen (secondary N) is 1. The number of amides is 1. The zero-order valence-electron chi connectivity index (χ0n) is 12.3. The summed E-state index contributed by atoms with van der Waals surface area (Å²) in [6.45, 7) is 0.402. The summed E-state index contributed by atoms with van der Waals surface area (Å²) in [4.78, 5) is 13.4. The molecule has 1 aliphatic heterocycles. The molecule has 0 aliphatic carbocycles. The Kier molecular flexibility index (Phi) is 5.01. The summed E-state index contributed by atoms with van der Waals surface area (Å²) in [5.74, 6) is 1.89. The van der Waals surface area contributed by atoms with Crippen LogP contribution in [0.5, 0.6) is 5.75 Å². The van der Waals surface area contributed by atoms with E-state index in [1.807, 2.05) is 54.2 Å². The Balaban J connectivity index is 1.50. The van der Waals surface area contributed by atoms with Gasteiger partial charge in [0.1, 0.15) is 5.75 Å². The van der Waals surface area contributed by atoms with Crippen molar-refractivity contribution in [3.8, 4) is 5.75 Å². The number of hydrogen-bond acceptors (Lipinski definition) is 3. The molecule has 1 aliphatic rings. The van der Waals surface area contributed by atoms with E-state index in [0.29, 0.717) is 13.0 Å². The minimum atomic E-state index is 0.0441. The fraction of sp³-hybridized carbons (Fsp3) is 0.278. The highest BCUT2D eigenvalue weighted by atomic mass is 32.2. The first-order valence-corrected chi connectivity index (χ1v) is 8.50. The number of carbonyl (C=O) groups is 1. The van der Waals surface area contributed by atoms with Crippen LogP contribution in [0.25, 0.3) is 0 Å². The van der Waals surface area contributed by atoms with E-state index in [0.717, 1.165) is 17.9 Å². The molecule has 1 N–H and O–H groups in total. The predicted molar refractivity (Wildman–Crippen MR) is 89.2 cm³/mol. The lowest BCUT2D eigenvalue weighted by atomic mass is 10.0. The summed E-state index contributed by atoms with van der Waals surface area (Å²) >= 11 is 1.86. The van der Waals surface area contributed by atoms with Gasteiger partial charge in [-0.2, -0.15) is 0 Å². The molecule has 114 valence electrons. The molecule has 3 nitrogen and oxygen atoms in total. The number of carbonyl (C=O) groups excluding carboxylic acids is 1. The fourth-order valence-electron chi connectivity index (χ4n) is 2.54. The van der Waals surface area contributed by atoms with Gasteiger partial charge in [0.25, 0.3) is 0 Å². The topological polar surface area (TPSA) is 38.3 Å². The van der Waals surface area contributed by atoms with Crippen molar-refractivity contribution in [2.24, 2.45) is 0 Å². The first-order valence-electron chi connectivity index (χ1n) is 7.52. The minimum Gasteiger partial charge on any atom is -0.493 e. The lowest BCUT2D eigenvalue weighted by Crippen LogP contribution is -2.31. The Morgan fingerprint density at radius 3 is 2.77 bits per heavy atom. The van der Waals surface area contributed by atoms with Gasteiger partial charge in [-0.1, -0.05) is 36.4 Å². The van der Waals surface area contributed by atoms with Gasteiger partial charge in [0.2, 0.25) is 5.91 Å². The SMILES string of the molecule is O=C(CCOc1ccccc1)N[C@H]1CCSc2ccccc21. The van der Waals surface area contributed by atoms with Crippen LogP contribution in [-0.4, -0.2) is 18.3 Å². The van der Waals surface area contributed by atoms with Gasteiger partial charge in [-0.15, -0.1) is 11.8 Å². The summed E-state index contributed by atoms with van der Waals surface area (Å²) < 4.78 is 5.57. The van der Waals surface area contributed by atoms with E-state index in [4.69, 9.17) is 4.74 Å². The Labute approximate surface area is 135 Å². The van der Waals surface area contributed by atoms with E-state index in [1.54, 1.807) is 0 Å². The summed E-state index contributed by atoms with van der Waals surface area (Å²) in [6.07, 6.45) is 1.35. The molecule has 0 unspecified atom stereocenters. The quantitative estimate of drug-likeness (QED) is 0.912. The highest BCUT2D eigenvalue weighted by Crippen LogP contribution is 2.35. The molecule has 1 atom stereocenters. The predicted octanol–water partition coefficient (Wildman–Crippen LogP) is 3.81. The van der Waals surface area contributed by atoms with E-state index >= 15 is 0 Å². The van der Waals surface area contributed by atoms with E-state index < -0.39 is 0 Å². The average Bonchev–Trinajstić information content (AvgIpc) is 2.56. The van der Waals surface area contributed by atoms with Gasteiger partial charge >= 0.3 is 0 Å². The number of benzene rings is 2.